The van der Waals surface area contributed by atoms with E-state index in [1.807, 2.05) is 36.4 Å². The second-order valence-corrected chi connectivity index (χ2v) is 7.23. The van der Waals surface area contributed by atoms with E-state index in [9.17, 15) is 4.79 Å². The van der Waals surface area contributed by atoms with Gasteiger partial charge in [-0.3, -0.25) is 4.79 Å². The number of fused-ring (bicyclic) bond motifs is 1. The number of nitrogens with zero attached hydrogens (tertiary/aromatic N) is 4. The number of carbonyl (C=O) groups excluding carboxylic acids is 1. The normalized spacial score (nSPS) is 10.7. The highest BCUT2D eigenvalue weighted by atomic mass is 79.9. The molecule has 0 unspecified atom stereocenters. The predicted octanol–water partition coefficient (Wildman–Crippen LogP) is 3.37. The Morgan fingerprint density at radius 3 is 2.80 bits per heavy atom. The molecular formula is C21H18BrN5O3. The average molecular weight is 468 g/mol. The van der Waals surface area contributed by atoms with Gasteiger partial charge in [-0.25, -0.2) is 0 Å². The maximum atomic E-state index is 12.2. The Kier molecular flexibility index (Phi) is 5.89. The minimum Gasteiger partial charge on any atom is -0.497 e. The van der Waals surface area contributed by atoms with Crippen molar-refractivity contribution in [1.29, 1.82) is 0 Å². The van der Waals surface area contributed by atoms with Crippen molar-refractivity contribution in [3.63, 3.8) is 0 Å². The summed E-state index contributed by atoms with van der Waals surface area (Å²) in [6.45, 7) is 0.616. The Morgan fingerprint density at radius 1 is 1.10 bits per heavy atom. The van der Waals surface area contributed by atoms with Crippen molar-refractivity contribution in [2.24, 2.45) is 0 Å². The summed E-state index contributed by atoms with van der Waals surface area (Å²) < 4.78 is 13.4. The highest BCUT2D eigenvalue weighted by molar-refractivity contribution is 9.10. The molecule has 1 amide bonds. The van der Waals surface area contributed by atoms with Crippen molar-refractivity contribution in [1.82, 2.24) is 25.1 Å². The lowest BCUT2D eigenvalue weighted by atomic mass is 10.2. The van der Waals surface area contributed by atoms with Crippen LogP contribution in [0.1, 0.15) is 10.4 Å². The predicted molar refractivity (Wildman–Crippen MR) is 115 cm³/mol. The van der Waals surface area contributed by atoms with Crippen LogP contribution in [0.2, 0.25) is 0 Å². The van der Waals surface area contributed by atoms with Gasteiger partial charge in [0.1, 0.15) is 12.4 Å². The Morgan fingerprint density at radius 2 is 1.97 bits per heavy atom. The van der Waals surface area contributed by atoms with Gasteiger partial charge < -0.3 is 14.8 Å². The van der Waals surface area contributed by atoms with Crippen molar-refractivity contribution < 1.29 is 14.3 Å². The Balaban J connectivity index is 1.42. The fraction of sp³-hybridized carbons (Fsp3) is 0.143. The summed E-state index contributed by atoms with van der Waals surface area (Å²) >= 11 is 3.36. The maximum absolute atomic E-state index is 12.2. The Hall–Kier alpha value is -3.46. The molecule has 30 heavy (non-hydrogen) atoms. The molecule has 0 aliphatic carbocycles. The lowest BCUT2D eigenvalue weighted by Gasteiger charge is -2.08. The van der Waals surface area contributed by atoms with E-state index >= 15 is 0 Å². The molecule has 0 saturated heterocycles. The van der Waals surface area contributed by atoms with E-state index in [-0.39, 0.29) is 12.5 Å². The molecule has 2 heterocycles. The number of hydrogen-bond acceptors (Lipinski definition) is 6. The van der Waals surface area contributed by atoms with Crippen LogP contribution in [0, 0.1) is 0 Å². The minimum absolute atomic E-state index is 0.164. The van der Waals surface area contributed by atoms with Gasteiger partial charge in [-0.2, -0.15) is 4.52 Å². The third kappa shape index (κ3) is 4.41. The first-order chi connectivity index (χ1) is 14.6. The van der Waals surface area contributed by atoms with Gasteiger partial charge in [0.05, 0.1) is 13.7 Å². The van der Waals surface area contributed by atoms with Gasteiger partial charge in [0.15, 0.2) is 11.5 Å². The monoisotopic (exact) mass is 467 g/mol. The zero-order chi connectivity index (χ0) is 20.9. The second kappa shape index (κ2) is 8.91. The number of nitrogens with one attached hydrogen (secondary N) is 1. The average Bonchev–Trinajstić information content (AvgIpc) is 3.20. The van der Waals surface area contributed by atoms with Crippen molar-refractivity contribution in [3.8, 4) is 23.0 Å². The minimum atomic E-state index is -0.164. The molecule has 0 saturated carbocycles. The van der Waals surface area contributed by atoms with Crippen LogP contribution < -0.4 is 14.8 Å². The molecule has 2 aromatic carbocycles. The highest BCUT2D eigenvalue weighted by Gasteiger charge is 2.11. The molecule has 1 N–H and O–H groups in total. The molecule has 0 radical (unpaired) electrons. The summed E-state index contributed by atoms with van der Waals surface area (Å²) in [5, 5.41) is 15.6. The van der Waals surface area contributed by atoms with Gasteiger partial charge in [0.25, 0.3) is 5.91 Å². The summed E-state index contributed by atoms with van der Waals surface area (Å²) in [6.07, 6.45) is 0. The first-order valence-electron chi connectivity index (χ1n) is 9.17. The van der Waals surface area contributed by atoms with Gasteiger partial charge in [-0.1, -0.05) is 34.1 Å². The molecule has 0 fully saturated rings. The first kappa shape index (κ1) is 19.8. The number of rotatable bonds is 7. The van der Waals surface area contributed by atoms with Crippen LogP contribution in [0.25, 0.3) is 17.0 Å². The highest BCUT2D eigenvalue weighted by Crippen LogP contribution is 2.23. The van der Waals surface area contributed by atoms with Crippen LogP contribution in [-0.4, -0.2) is 46.0 Å². The molecule has 8 nitrogen and oxygen atoms in total. The standard InChI is InChI=1S/C21H18BrN5O3/c1-29-17-7-3-4-14(13-17)20-25-24-18-8-9-19(26-27(18)20)30-11-10-23-21(28)15-5-2-6-16(22)12-15/h2-9,12-13H,10-11H2,1H3,(H,23,28). The van der Waals surface area contributed by atoms with Gasteiger partial charge >= 0.3 is 0 Å². The summed E-state index contributed by atoms with van der Waals surface area (Å²) in [4.78, 5) is 12.2. The molecule has 9 heteroatoms. The maximum Gasteiger partial charge on any atom is 0.251 e. The number of hydrogen-bond donors (Lipinski definition) is 1. The zero-order valence-electron chi connectivity index (χ0n) is 16.1. The smallest absolute Gasteiger partial charge is 0.251 e. The summed E-state index contributed by atoms with van der Waals surface area (Å²) in [5.74, 6) is 1.54. The topological polar surface area (TPSA) is 90.6 Å². The van der Waals surface area contributed by atoms with Crippen molar-refractivity contribution >= 4 is 27.5 Å². The molecule has 0 atom stereocenters. The molecule has 0 aliphatic heterocycles. The zero-order valence-corrected chi connectivity index (χ0v) is 17.7. The fourth-order valence-electron chi connectivity index (χ4n) is 2.84. The number of methoxy groups -OCH3 is 1. The van der Waals surface area contributed by atoms with Crippen LogP contribution in [-0.2, 0) is 0 Å². The number of carbonyl (C=O) groups is 1. The van der Waals surface area contributed by atoms with E-state index in [1.165, 1.54) is 0 Å². The molecular weight excluding hydrogens is 450 g/mol. The lowest BCUT2D eigenvalue weighted by Crippen LogP contribution is -2.28. The summed E-state index contributed by atoms with van der Waals surface area (Å²) in [6, 6.07) is 18.2. The third-order valence-corrected chi connectivity index (χ3v) is 4.78. The van der Waals surface area contributed by atoms with Crippen molar-refractivity contribution in [2.45, 2.75) is 0 Å². The first-order valence-corrected chi connectivity index (χ1v) is 9.97. The van der Waals surface area contributed by atoms with Crippen LogP contribution in [0.5, 0.6) is 11.6 Å². The van der Waals surface area contributed by atoms with E-state index in [2.05, 4.69) is 36.5 Å². The molecule has 0 spiro atoms. The largest absolute Gasteiger partial charge is 0.497 e. The quantitative estimate of drug-likeness (QED) is 0.419. The number of benzene rings is 2. The molecule has 0 aliphatic rings. The third-order valence-electron chi connectivity index (χ3n) is 4.29. The van der Waals surface area contributed by atoms with E-state index < -0.39 is 0 Å². The summed E-state index contributed by atoms with van der Waals surface area (Å²) in [5.41, 5.74) is 2.01. The molecule has 0 bridgehead atoms. The molecule has 4 rings (SSSR count). The van der Waals surface area contributed by atoms with Gasteiger partial charge in [0.2, 0.25) is 5.88 Å². The number of halogens is 1. The van der Waals surface area contributed by atoms with Crippen LogP contribution in [0.4, 0.5) is 0 Å². The van der Waals surface area contributed by atoms with Gasteiger partial charge in [-0.05, 0) is 36.4 Å². The number of aromatic nitrogens is 4. The van der Waals surface area contributed by atoms with Gasteiger partial charge in [0, 0.05) is 21.7 Å². The Bertz CT molecular complexity index is 1190. The number of ether oxygens (including phenoxy) is 2. The van der Waals surface area contributed by atoms with E-state index in [0.29, 0.717) is 29.5 Å². The van der Waals surface area contributed by atoms with Gasteiger partial charge in [-0.15, -0.1) is 15.3 Å². The van der Waals surface area contributed by atoms with Crippen molar-refractivity contribution in [3.05, 3.63) is 70.7 Å². The van der Waals surface area contributed by atoms with Crippen LogP contribution >= 0.6 is 15.9 Å². The van der Waals surface area contributed by atoms with Crippen molar-refractivity contribution in [2.75, 3.05) is 20.3 Å². The summed E-state index contributed by atoms with van der Waals surface area (Å²) in [7, 11) is 1.61. The molecule has 4 aromatic rings. The Labute approximate surface area is 181 Å². The second-order valence-electron chi connectivity index (χ2n) is 6.31. The van der Waals surface area contributed by atoms with Crippen LogP contribution in [0.3, 0.4) is 0 Å². The van der Waals surface area contributed by atoms with E-state index in [1.54, 1.807) is 35.9 Å². The SMILES string of the molecule is COc1cccc(-c2nnc3ccc(OCCNC(=O)c4cccc(Br)c4)nn23)c1. The molecule has 2 aromatic heterocycles. The van der Waals surface area contributed by atoms with E-state index in [0.717, 1.165) is 15.8 Å². The van der Waals surface area contributed by atoms with E-state index in [4.69, 9.17) is 9.47 Å². The molecule has 152 valence electrons. The lowest BCUT2D eigenvalue weighted by molar-refractivity contribution is 0.0946. The number of amides is 1. The van der Waals surface area contributed by atoms with Crippen LogP contribution in [0.15, 0.2) is 65.1 Å². The fourth-order valence-corrected chi connectivity index (χ4v) is 3.24.